The number of carbonyl (C=O) groups excluding carboxylic acids is 1. The zero-order valence-corrected chi connectivity index (χ0v) is 17.5. The van der Waals surface area contributed by atoms with Gasteiger partial charge in [0.25, 0.3) is 0 Å². The molecule has 0 saturated heterocycles. The Morgan fingerprint density at radius 2 is 1.50 bits per heavy atom. The molecule has 0 aromatic heterocycles. The topological polar surface area (TPSA) is 74.2 Å². The second-order valence-electron chi connectivity index (χ2n) is 6.35. The van der Waals surface area contributed by atoms with Crippen LogP contribution in [0.25, 0.3) is 0 Å². The SMILES string of the molecule is CCO[Si](CCCOc1ccc(C(=O)C(C)(C)O)cc1)(OCC)OCC. The van der Waals surface area contributed by atoms with E-state index in [4.69, 9.17) is 18.0 Å². The summed E-state index contributed by atoms with van der Waals surface area (Å²) in [7, 11) is -2.63. The first-order chi connectivity index (χ1) is 12.3. The van der Waals surface area contributed by atoms with Crippen LogP contribution in [0.15, 0.2) is 24.3 Å². The highest BCUT2D eigenvalue weighted by Gasteiger charge is 2.39. The van der Waals surface area contributed by atoms with Gasteiger partial charge in [-0.1, -0.05) is 0 Å². The summed E-state index contributed by atoms with van der Waals surface area (Å²) in [5, 5.41) is 9.78. The third-order valence-corrected chi connectivity index (χ3v) is 6.81. The number of aliphatic hydroxyl groups is 1. The summed E-state index contributed by atoms with van der Waals surface area (Å²) in [5.41, 5.74) is -0.922. The largest absolute Gasteiger partial charge is 0.501 e. The second-order valence-corrected chi connectivity index (χ2v) is 9.08. The molecule has 0 aliphatic rings. The van der Waals surface area contributed by atoms with Gasteiger partial charge in [-0.15, -0.1) is 0 Å². The lowest BCUT2D eigenvalue weighted by atomic mass is 9.97. The molecular weight excluding hydrogens is 352 g/mol. The van der Waals surface area contributed by atoms with Crippen LogP contribution in [0.1, 0.15) is 51.4 Å². The number of ether oxygens (including phenoxy) is 1. The van der Waals surface area contributed by atoms with Crippen LogP contribution in [0.3, 0.4) is 0 Å². The van der Waals surface area contributed by atoms with Gasteiger partial charge in [0.1, 0.15) is 11.4 Å². The molecule has 1 N–H and O–H groups in total. The van der Waals surface area contributed by atoms with Gasteiger partial charge in [-0.3, -0.25) is 4.79 Å². The van der Waals surface area contributed by atoms with Gasteiger partial charge in [-0.25, -0.2) is 0 Å². The van der Waals surface area contributed by atoms with Crippen molar-refractivity contribution in [2.75, 3.05) is 26.4 Å². The Morgan fingerprint density at radius 3 is 1.92 bits per heavy atom. The van der Waals surface area contributed by atoms with E-state index in [9.17, 15) is 9.90 Å². The maximum Gasteiger partial charge on any atom is 0.501 e. The average molecular weight is 385 g/mol. The van der Waals surface area contributed by atoms with Gasteiger partial charge in [0.15, 0.2) is 5.78 Å². The van der Waals surface area contributed by atoms with Gasteiger partial charge >= 0.3 is 8.80 Å². The van der Waals surface area contributed by atoms with Gasteiger partial charge in [0.2, 0.25) is 0 Å². The molecule has 148 valence electrons. The first kappa shape index (κ1) is 22.8. The van der Waals surface area contributed by atoms with Crippen LogP contribution in [-0.4, -0.2) is 51.7 Å². The second kappa shape index (κ2) is 10.8. The molecule has 0 aliphatic heterocycles. The molecule has 1 aromatic rings. The average Bonchev–Trinajstić information content (AvgIpc) is 2.58. The Balaban J connectivity index is 2.55. The lowest BCUT2D eigenvalue weighted by Gasteiger charge is -2.28. The molecule has 0 fully saturated rings. The summed E-state index contributed by atoms with van der Waals surface area (Å²) in [6.45, 7) is 10.9. The smallest absolute Gasteiger partial charge is 0.494 e. The minimum atomic E-state index is -2.63. The molecule has 6 nitrogen and oxygen atoms in total. The summed E-state index contributed by atoms with van der Waals surface area (Å²) in [5.74, 6) is 0.360. The molecule has 0 spiro atoms. The third kappa shape index (κ3) is 7.17. The summed E-state index contributed by atoms with van der Waals surface area (Å²) in [6.07, 6.45) is 0.747. The Bertz CT molecular complexity index is 521. The van der Waals surface area contributed by atoms with E-state index < -0.39 is 14.4 Å². The molecule has 0 amide bonds. The Kier molecular flexibility index (Phi) is 9.46. The zero-order chi connectivity index (χ0) is 19.6. The summed E-state index contributed by atoms with van der Waals surface area (Å²) in [4.78, 5) is 12.0. The van der Waals surface area contributed by atoms with Crippen LogP contribution in [0.4, 0.5) is 0 Å². The molecule has 0 aliphatic carbocycles. The monoisotopic (exact) mass is 384 g/mol. The maximum absolute atomic E-state index is 12.0. The van der Waals surface area contributed by atoms with Crippen molar-refractivity contribution in [3.8, 4) is 5.75 Å². The van der Waals surface area contributed by atoms with Crippen molar-refractivity contribution in [2.45, 2.75) is 52.7 Å². The maximum atomic E-state index is 12.0. The van der Waals surface area contributed by atoms with Crippen molar-refractivity contribution in [1.82, 2.24) is 0 Å². The number of hydrogen-bond donors (Lipinski definition) is 1. The highest BCUT2D eigenvalue weighted by molar-refractivity contribution is 6.60. The van der Waals surface area contributed by atoms with E-state index in [1.54, 1.807) is 24.3 Å². The van der Waals surface area contributed by atoms with Crippen LogP contribution in [0, 0.1) is 0 Å². The van der Waals surface area contributed by atoms with E-state index in [2.05, 4.69) is 0 Å². The number of ketones is 1. The molecule has 0 radical (unpaired) electrons. The molecule has 1 rings (SSSR count). The molecule has 0 heterocycles. The van der Waals surface area contributed by atoms with Crippen LogP contribution in [0.2, 0.25) is 6.04 Å². The van der Waals surface area contributed by atoms with E-state index in [0.717, 1.165) is 6.42 Å². The predicted molar refractivity (Wildman–Crippen MR) is 103 cm³/mol. The lowest BCUT2D eigenvalue weighted by Crippen LogP contribution is -2.46. The van der Waals surface area contributed by atoms with E-state index in [0.29, 0.717) is 43.8 Å². The molecule has 0 bridgehead atoms. The van der Waals surface area contributed by atoms with Crippen molar-refractivity contribution in [2.24, 2.45) is 0 Å². The van der Waals surface area contributed by atoms with E-state index in [-0.39, 0.29) is 5.78 Å². The Labute approximate surface area is 157 Å². The van der Waals surface area contributed by atoms with Crippen molar-refractivity contribution in [1.29, 1.82) is 0 Å². The fourth-order valence-electron chi connectivity index (χ4n) is 2.54. The van der Waals surface area contributed by atoms with Crippen molar-refractivity contribution in [3.63, 3.8) is 0 Å². The highest BCUT2D eigenvalue weighted by atomic mass is 28.4. The van der Waals surface area contributed by atoms with Crippen molar-refractivity contribution >= 4 is 14.6 Å². The van der Waals surface area contributed by atoms with Crippen LogP contribution in [-0.2, 0) is 13.3 Å². The summed E-state index contributed by atoms with van der Waals surface area (Å²) >= 11 is 0. The molecular formula is C19H32O6Si. The Morgan fingerprint density at radius 1 is 1.00 bits per heavy atom. The van der Waals surface area contributed by atoms with Gasteiger partial charge < -0.3 is 23.1 Å². The van der Waals surface area contributed by atoms with Gasteiger partial charge in [-0.2, -0.15) is 0 Å². The van der Waals surface area contributed by atoms with Crippen LogP contribution < -0.4 is 4.74 Å². The third-order valence-electron chi connectivity index (χ3n) is 3.66. The van der Waals surface area contributed by atoms with Crippen LogP contribution in [0.5, 0.6) is 5.75 Å². The van der Waals surface area contributed by atoms with Crippen LogP contribution >= 0.6 is 0 Å². The number of carbonyl (C=O) groups is 1. The first-order valence-corrected chi connectivity index (χ1v) is 11.1. The van der Waals surface area contributed by atoms with Gasteiger partial charge in [0, 0.05) is 31.4 Å². The molecule has 26 heavy (non-hydrogen) atoms. The minimum absolute atomic E-state index is 0.315. The summed E-state index contributed by atoms with van der Waals surface area (Å²) < 4.78 is 23.2. The predicted octanol–water partition coefficient (Wildman–Crippen LogP) is 3.46. The van der Waals surface area contributed by atoms with Crippen molar-refractivity contribution in [3.05, 3.63) is 29.8 Å². The normalized spacial score (nSPS) is 12.2. The fourth-order valence-corrected chi connectivity index (χ4v) is 5.12. The standard InChI is InChI=1S/C19H32O6Si/c1-6-23-26(24-7-2,25-8-3)15-9-14-22-17-12-10-16(11-13-17)18(20)19(4,5)21/h10-13,21H,6-9,14-15H2,1-5H3. The quantitative estimate of drug-likeness (QED) is 0.319. The fraction of sp³-hybridized carbons (Fsp3) is 0.632. The summed E-state index contributed by atoms with van der Waals surface area (Å²) in [6, 6.07) is 7.48. The number of Topliss-reactive ketones (excluding diaryl/α,β-unsaturated/α-hetero) is 1. The minimum Gasteiger partial charge on any atom is -0.494 e. The molecule has 0 saturated carbocycles. The van der Waals surface area contributed by atoms with E-state index in [1.807, 2.05) is 20.8 Å². The Hall–Kier alpha value is -1.25. The van der Waals surface area contributed by atoms with Crippen molar-refractivity contribution < 1.29 is 27.9 Å². The van der Waals surface area contributed by atoms with Gasteiger partial charge in [-0.05, 0) is 65.3 Å². The number of hydrogen-bond acceptors (Lipinski definition) is 6. The zero-order valence-electron chi connectivity index (χ0n) is 16.5. The number of benzene rings is 1. The molecule has 7 heteroatoms. The molecule has 0 unspecified atom stereocenters. The van der Waals surface area contributed by atoms with E-state index in [1.165, 1.54) is 13.8 Å². The van der Waals surface area contributed by atoms with E-state index >= 15 is 0 Å². The molecule has 0 atom stereocenters. The molecule has 1 aromatic carbocycles. The first-order valence-electron chi connectivity index (χ1n) is 9.20. The highest BCUT2D eigenvalue weighted by Crippen LogP contribution is 2.20. The lowest BCUT2D eigenvalue weighted by molar-refractivity contribution is 0.0488. The van der Waals surface area contributed by atoms with Gasteiger partial charge in [0.05, 0.1) is 6.61 Å². The number of rotatable bonds is 13.